The number of rotatable bonds is 11. The van der Waals surface area contributed by atoms with Crippen LogP contribution in [0.2, 0.25) is 0 Å². The topological polar surface area (TPSA) is 200 Å². The Morgan fingerprint density at radius 2 is 1.44 bits per heavy atom. The molecule has 12 nitrogen and oxygen atoms in total. The first kappa shape index (κ1) is 31.6. The molecule has 3 amide bonds. The van der Waals surface area contributed by atoms with Crippen LogP contribution >= 0.6 is 67.8 Å². The van der Waals surface area contributed by atoms with Gasteiger partial charge in [-0.05, 0) is 67.8 Å². The van der Waals surface area contributed by atoms with Crippen molar-refractivity contribution in [3.05, 3.63) is 21.8 Å². The number of nitrogens with zero attached hydrogens (tertiary/aromatic N) is 1. The van der Waals surface area contributed by atoms with E-state index in [1.165, 1.54) is 14.0 Å². The summed E-state index contributed by atoms with van der Waals surface area (Å²) in [7, 11) is 1.41. The van der Waals surface area contributed by atoms with Crippen molar-refractivity contribution in [3.63, 3.8) is 0 Å². The quantitative estimate of drug-likeness (QED) is 0.125. The molecular formula is C19H26I3N3O9. The van der Waals surface area contributed by atoms with Crippen molar-refractivity contribution in [2.24, 2.45) is 0 Å². The molecule has 192 valence electrons. The Balaban J connectivity index is 3.54. The maximum Gasteiger partial charge on any atom is 0.256 e. The Bertz CT molecular complexity index is 919. The predicted octanol–water partition coefficient (Wildman–Crippen LogP) is -1.31. The summed E-state index contributed by atoms with van der Waals surface area (Å²) in [6, 6.07) is 0. The Hall–Kier alpha value is -0.420. The van der Waals surface area contributed by atoms with E-state index in [1.807, 2.05) is 67.8 Å². The summed E-state index contributed by atoms with van der Waals surface area (Å²) in [4.78, 5) is 38.9. The number of carbonyl (C=O) groups is 3. The van der Waals surface area contributed by atoms with Crippen LogP contribution in [0.5, 0.6) is 0 Å². The molecule has 0 saturated heterocycles. The number of hydrogen-bond acceptors (Lipinski definition) is 9. The van der Waals surface area contributed by atoms with Crippen molar-refractivity contribution in [2.75, 3.05) is 38.7 Å². The average molecular weight is 821 g/mol. The highest BCUT2D eigenvalue weighted by molar-refractivity contribution is 14.1. The van der Waals surface area contributed by atoms with Crippen molar-refractivity contribution in [2.45, 2.75) is 31.3 Å². The third kappa shape index (κ3) is 7.54. The van der Waals surface area contributed by atoms with Crippen LogP contribution in [0.4, 0.5) is 5.69 Å². The molecule has 0 spiro atoms. The highest BCUT2D eigenvalue weighted by atomic mass is 127. The zero-order chi connectivity index (χ0) is 26.3. The second-order valence-corrected chi connectivity index (χ2v) is 10.3. The van der Waals surface area contributed by atoms with Gasteiger partial charge in [0, 0.05) is 30.6 Å². The van der Waals surface area contributed by atoms with Gasteiger partial charge in [0.2, 0.25) is 5.91 Å². The van der Waals surface area contributed by atoms with E-state index in [4.69, 9.17) is 5.11 Å². The molecule has 0 fully saturated rings. The number of nitrogens with one attached hydrogen (secondary N) is 2. The summed E-state index contributed by atoms with van der Waals surface area (Å²) in [5.41, 5.74) is 0.402. The fraction of sp³-hybridized carbons (Fsp3) is 0.526. The van der Waals surface area contributed by atoms with Gasteiger partial charge in [0.15, 0.2) is 0 Å². The standard InChI is InChI=1S/C19H26I3N3O9/c1-7(28)24-15-13(21)10(18(33)23-2)12(20)11(14(15)22)19(34)25(3-4-26)5-8(29)16(31)17(32)9(30)6-27/h8-9,16-17,26-27,29-32H,3-6H2,1-2H3,(H,23,33)(H,24,28)/t8-,9+,16+,17+/m0/s1. The van der Waals surface area contributed by atoms with Gasteiger partial charge in [-0.25, -0.2) is 0 Å². The number of benzene rings is 1. The third-order valence-corrected chi connectivity index (χ3v) is 7.91. The highest BCUT2D eigenvalue weighted by Crippen LogP contribution is 2.36. The fourth-order valence-corrected chi connectivity index (χ4v) is 7.30. The highest BCUT2D eigenvalue weighted by Gasteiger charge is 2.34. The van der Waals surface area contributed by atoms with Gasteiger partial charge in [-0.2, -0.15) is 0 Å². The average Bonchev–Trinajstić information content (AvgIpc) is 2.79. The van der Waals surface area contributed by atoms with Crippen LogP contribution in [-0.4, -0.2) is 111 Å². The summed E-state index contributed by atoms with van der Waals surface area (Å²) < 4.78 is 0.981. The molecule has 15 heteroatoms. The number of aliphatic hydroxyl groups excluding tert-OH is 6. The summed E-state index contributed by atoms with van der Waals surface area (Å²) in [5, 5.41) is 63.4. The molecule has 4 atom stereocenters. The number of amides is 3. The van der Waals surface area contributed by atoms with Crippen LogP contribution in [-0.2, 0) is 4.79 Å². The maximum absolute atomic E-state index is 13.5. The first-order valence-corrected chi connectivity index (χ1v) is 13.0. The molecule has 1 aromatic rings. The molecule has 0 aliphatic carbocycles. The first-order valence-electron chi connectivity index (χ1n) is 9.77. The molecule has 0 aromatic heterocycles. The van der Waals surface area contributed by atoms with Crippen LogP contribution in [0.25, 0.3) is 0 Å². The number of hydrogen-bond donors (Lipinski definition) is 8. The smallest absolute Gasteiger partial charge is 0.256 e. The van der Waals surface area contributed by atoms with Gasteiger partial charge in [-0.3, -0.25) is 14.4 Å². The lowest BCUT2D eigenvalue weighted by Crippen LogP contribution is -2.51. The Morgan fingerprint density at radius 3 is 1.91 bits per heavy atom. The van der Waals surface area contributed by atoms with Crippen LogP contribution in [0, 0.1) is 10.7 Å². The van der Waals surface area contributed by atoms with Gasteiger partial charge >= 0.3 is 0 Å². The number of carbonyl (C=O) groups excluding carboxylic acids is 3. The lowest BCUT2D eigenvalue weighted by molar-refractivity contribution is -0.118. The second-order valence-electron chi connectivity index (χ2n) is 7.10. The molecule has 1 rings (SSSR count). The zero-order valence-corrected chi connectivity index (χ0v) is 24.6. The normalized spacial score (nSPS) is 14.7. The Labute approximate surface area is 236 Å². The zero-order valence-electron chi connectivity index (χ0n) is 18.1. The molecule has 0 unspecified atom stereocenters. The molecule has 0 saturated carbocycles. The van der Waals surface area contributed by atoms with E-state index in [-0.39, 0.29) is 26.9 Å². The van der Waals surface area contributed by atoms with E-state index >= 15 is 0 Å². The van der Waals surface area contributed by atoms with E-state index < -0.39 is 61.9 Å². The number of aliphatic hydroxyl groups is 6. The fourth-order valence-electron chi connectivity index (χ4n) is 2.91. The molecular weight excluding hydrogens is 795 g/mol. The van der Waals surface area contributed by atoms with Crippen LogP contribution in [0.1, 0.15) is 27.6 Å². The van der Waals surface area contributed by atoms with E-state index in [9.17, 15) is 39.9 Å². The summed E-state index contributed by atoms with van der Waals surface area (Å²) in [6.45, 7) is -0.928. The number of halogens is 3. The van der Waals surface area contributed by atoms with E-state index in [2.05, 4.69) is 10.6 Å². The van der Waals surface area contributed by atoms with Crippen molar-refractivity contribution in [1.29, 1.82) is 0 Å². The van der Waals surface area contributed by atoms with Crippen LogP contribution in [0.3, 0.4) is 0 Å². The first-order chi connectivity index (χ1) is 15.8. The van der Waals surface area contributed by atoms with E-state index in [0.29, 0.717) is 7.14 Å². The summed E-state index contributed by atoms with van der Waals surface area (Å²) >= 11 is 5.56. The van der Waals surface area contributed by atoms with Crippen LogP contribution < -0.4 is 10.6 Å². The van der Waals surface area contributed by atoms with Gasteiger partial charge in [0.1, 0.15) is 24.4 Å². The van der Waals surface area contributed by atoms with Crippen molar-refractivity contribution < 1.29 is 45.0 Å². The maximum atomic E-state index is 13.5. The molecule has 0 radical (unpaired) electrons. The van der Waals surface area contributed by atoms with Crippen LogP contribution in [0.15, 0.2) is 0 Å². The minimum Gasteiger partial charge on any atom is -0.395 e. The second kappa shape index (κ2) is 14.4. The minimum absolute atomic E-state index is 0.0232. The largest absolute Gasteiger partial charge is 0.395 e. The lowest BCUT2D eigenvalue weighted by Gasteiger charge is -2.31. The van der Waals surface area contributed by atoms with E-state index in [1.54, 1.807) is 0 Å². The van der Waals surface area contributed by atoms with E-state index in [0.717, 1.165) is 4.90 Å². The Kier molecular flexibility index (Phi) is 13.3. The van der Waals surface area contributed by atoms with Gasteiger partial charge < -0.3 is 46.2 Å². The minimum atomic E-state index is -1.91. The lowest BCUT2D eigenvalue weighted by atomic mass is 10.0. The summed E-state index contributed by atoms with van der Waals surface area (Å²) in [6.07, 6.45) is -7.28. The molecule has 34 heavy (non-hydrogen) atoms. The third-order valence-electron chi connectivity index (χ3n) is 4.68. The van der Waals surface area contributed by atoms with Gasteiger partial charge in [-0.1, -0.05) is 0 Å². The van der Waals surface area contributed by atoms with Gasteiger partial charge in [0.05, 0.1) is 37.2 Å². The van der Waals surface area contributed by atoms with Crippen molar-refractivity contribution in [3.8, 4) is 0 Å². The summed E-state index contributed by atoms with van der Waals surface area (Å²) in [5.74, 6) is -1.66. The van der Waals surface area contributed by atoms with Crippen molar-refractivity contribution >= 4 is 91.2 Å². The molecule has 0 aliphatic rings. The Morgan fingerprint density at radius 1 is 0.912 bits per heavy atom. The molecule has 0 aliphatic heterocycles. The predicted molar refractivity (Wildman–Crippen MR) is 146 cm³/mol. The van der Waals surface area contributed by atoms with Gasteiger partial charge in [-0.15, -0.1) is 0 Å². The molecule has 1 aromatic carbocycles. The van der Waals surface area contributed by atoms with Gasteiger partial charge in [0.25, 0.3) is 11.8 Å². The number of anilines is 1. The molecule has 8 N–H and O–H groups in total. The van der Waals surface area contributed by atoms with Crippen molar-refractivity contribution in [1.82, 2.24) is 10.2 Å². The molecule has 0 heterocycles. The molecule has 0 bridgehead atoms. The SMILES string of the molecule is CNC(=O)c1c(I)c(NC(C)=O)c(I)c(C(=O)N(CCO)C[C@H](O)[C@@H](O)[C@H](O)[C@H](O)CO)c1I. The monoisotopic (exact) mass is 821 g/mol.